The summed E-state index contributed by atoms with van der Waals surface area (Å²) in [6.07, 6.45) is 2.38. The van der Waals surface area contributed by atoms with Crippen LogP contribution in [0.4, 0.5) is 0 Å². The number of hydrogen-bond donors (Lipinski definition) is 2. The van der Waals surface area contributed by atoms with Crippen molar-refractivity contribution in [3.05, 3.63) is 0 Å². The van der Waals surface area contributed by atoms with Gasteiger partial charge in [0.1, 0.15) is 0 Å². The molecule has 0 radical (unpaired) electrons. The molecule has 0 aromatic rings. The molecule has 0 aliphatic heterocycles. The highest BCUT2D eigenvalue weighted by molar-refractivity contribution is 7.85. The van der Waals surface area contributed by atoms with Gasteiger partial charge in [-0.05, 0) is 6.42 Å². The second-order valence-corrected chi connectivity index (χ2v) is 3.57. The third kappa shape index (κ3) is 3.67. The van der Waals surface area contributed by atoms with Crippen LogP contribution in [0.5, 0.6) is 0 Å². The number of rotatable bonds is 3. The van der Waals surface area contributed by atoms with E-state index in [0.29, 0.717) is 10.5 Å². The van der Waals surface area contributed by atoms with E-state index < -0.39 is 0 Å². The molecular formula is C6H14S2. The van der Waals surface area contributed by atoms with Crippen LogP contribution in [0.3, 0.4) is 0 Å². The lowest BCUT2D eigenvalue weighted by atomic mass is 10.2. The largest absolute Gasteiger partial charge is 0.175 e. The van der Waals surface area contributed by atoms with Gasteiger partial charge in [-0.25, -0.2) is 0 Å². The van der Waals surface area contributed by atoms with E-state index in [-0.39, 0.29) is 0 Å². The Kier molecular flexibility index (Phi) is 4.97. The minimum atomic E-state index is 0.429. The summed E-state index contributed by atoms with van der Waals surface area (Å²) in [5.74, 6) is 0. The standard InChI is InChI=1S/C6H14S2/c1-3-4-6(8)5(2)7/h5-8H,3-4H2,1-2H3. The molecule has 2 heteroatoms. The Labute approximate surface area is 62.9 Å². The van der Waals surface area contributed by atoms with Crippen molar-refractivity contribution in [2.45, 2.75) is 37.2 Å². The van der Waals surface area contributed by atoms with Crippen molar-refractivity contribution in [2.75, 3.05) is 0 Å². The second-order valence-electron chi connectivity index (χ2n) is 2.10. The zero-order valence-electron chi connectivity index (χ0n) is 5.46. The molecule has 0 heterocycles. The van der Waals surface area contributed by atoms with Crippen LogP contribution in [0, 0.1) is 0 Å². The van der Waals surface area contributed by atoms with Crippen molar-refractivity contribution in [1.29, 1.82) is 0 Å². The van der Waals surface area contributed by atoms with Crippen LogP contribution in [0.1, 0.15) is 26.7 Å². The van der Waals surface area contributed by atoms with Gasteiger partial charge >= 0.3 is 0 Å². The normalized spacial score (nSPS) is 18.0. The van der Waals surface area contributed by atoms with Crippen LogP contribution in [0.15, 0.2) is 0 Å². The molecule has 0 saturated heterocycles. The van der Waals surface area contributed by atoms with Crippen molar-refractivity contribution in [1.82, 2.24) is 0 Å². The molecule has 0 spiro atoms. The van der Waals surface area contributed by atoms with Gasteiger partial charge in [0.05, 0.1) is 0 Å². The minimum absolute atomic E-state index is 0.429. The van der Waals surface area contributed by atoms with Gasteiger partial charge in [0.2, 0.25) is 0 Å². The van der Waals surface area contributed by atoms with Crippen molar-refractivity contribution in [2.24, 2.45) is 0 Å². The fourth-order valence-corrected chi connectivity index (χ4v) is 0.944. The zero-order valence-corrected chi connectivity index (χ0v) is 7.25. The van der Waals surface area contributed by atoms with E-state index in [1.807, 2.05) is 0 Å². The van der Waals surface area contributed by atoms with E-state index in [2.05, 4.69) is 39.1 Å². The molecule has 0 nitrogen and oxygen atoms in total. The predicted molar refractivity (Wildman–Crippen MR) is 46.1 cm³/mol. The molecule has 50 valence electrons. The van der Waals surface area contributed by atoms with Gasteiger partial charge in [-0.1, -0.05) is 20.3 Å². The molecule has 0 aromatic carbocycles. The highest BCUT2D eigenvalue weighted by atomic mass is 32.1. The van der Waals surface area contributed by atoms with Gasteiger partial charge in [0.25, 0.3) is 0 Å². The molecule has 0 aliphatic carbocycles. The molecule has 0 rings (SSSR count). The molecule has 0 bridgehead atoms. The van der Waals surface area contributed by atoms with Crippen molar-refractivity contribution < 1.29 is 0 Å². The van der Waals surface area contributed by atoms with E-state index in [1.54, 1.807) is 0 Å². The van der Waals surface area contributed by atoms with E-state index in [4.69, 9.17) is 0 Å². The lowest BCUT2D eigenvalue weighted by Crippen LogP contribution is -2.09. The van der Waals surface area contributed by atoms with Crippen LogP contribution in [0.2, 0.25) is 0 Å². The van der Waals surface area contributed by atoms with Crippen molar-refractivity contribution >= 4 is 25.3 Å². The fourth-order valence-electron chi connectivity index (χ4n) is 0.537. The predicted octanol–water partition coefficient (Wildman–Crippen LogP) is 2.40. The first-order valence-corrected chi connectivity index (χ1v) is 4.08. The van der Waals surface area contributed by atoms with Crippen molar-refractivity contribution in [3.63, 3.8) is 0 Å². The summed E-state index contributed by atoms with van der Waals surface area (Å²) in [6.45, 7) is 4.25. The van der Waals surface area contributed by atoms with Crippen molar-refractivity contribution in [3.8, 4) is 0 Å². The first-order chi connectivity index (χ1) is 3.68. The molecule has 0 N–H and O–H groups in total. The molecule has 2 unspecified atom stereocenters. The molecule has 0 amide bonds. The van der Waals surface area contributed by atoms with Crippen LogP contribution in [-0.2, 0) is 0 Å². The maximum Gasteiger partial charge on any atom is 0.0131 e. The molecular weight excluding hydrogens is 136 g/mol. The van der Waals surface area contributed by atoms with Gasteiger partial charge in [0, 0.05) is 10.5 Å². The van der Waals surface area contributed by atoms with Crippen LogP contribution >= 0.6 is 25.3 Å². The SMILES string of the molecule is CCCC(S)C(C)S. The molecule has 8 heavy (non-hydrogen) atoms. The summed E-state index contributed by atoms with van der Waals surface area (Å²) in [5.41, 5.74) is 0. The summed E-state index contributed by atoms with van der Waals surface area (Å²) >= 11 is 8.58. The van der Waals surface area contributed by atoms with Gasteiger partial charge in [-0.3, -0.25) is 0 Å². The summed E-state index contributed by atoms with van der Waals surface area (Å²) < 4.78 is 0. The van der Waals surface area contributed by atoms with Gasteiger partial charge < -0.3 is 0 Å². The Morgan fingerprint density at radius 3 is 2.00 bits per heavy atom. The Hall–Kier alpha value is 0.700. The Morgan fingerprint density at radius 2 is 1.88 bits per heavy atom. The monoisotopic (exact) mass is 150 g/mol. The first-order valence-electron chi connectivity index (χ1n) is 3.04. The summed E-state index contributed by atoms with van der Waals surface area (Å²) in [7, 11) is 0. The lowest BCUT2D eigenvalue weighted by molar-refractivity contribution is 0.737. The van der Waals surface area contributed by atoms with E-state index >= 15 is 0 Å². The third-order valence-corrected chi connectivity index (χ3v) is 2.44. The lowest BCUT2D eigenvalue weighted by Gasteiger charge is -2.11. The van der Waals surface area contributed by atoms with E-state index in [0.717, 1.165) is 0 Å². The second kappa shape index (κ2) is 4.57. The summed E-state index contributed by atoms with van der Waals surface area (Å²) in [6, 6.07) is 0. The number of hydrogen-bond acceptors (Lipinski definition) is 2. The Morgan fingerprint density at radius 1 is 1.38 bits per heavy atom. The van der Waals surface area contributed by atoms with Gasteiger partial charge in [-0.2, -0.15) is 25.3 Å². The molecule has 0 aliphatic rings. The molecule has 0 fully saturated rings. The topological polar surface area (TPSA) is 0 Å². The third-order valence-electron chi connectivity index (χ3n) is 1.14. The number of thiol groups is 2. The Balaban J connectivity index is 3.17. The average molecular weight is 150 g/mol. The smallest absolute Gasteiger partial charge is 0.0131 e. The maximum absolute atomic E-state index is 4.33. The first kappa shape index (κ1) is 8.70. The quantitative estimate of drug-likeness (QED) is 0.567. The highest BCUT2D eigenvalue weighted by Crippen LogP contribution is 2.13. The fraction of sp³-hybridized carbons (Fsp3) is 1.00. The van der Waals surface area contributed by atoms with E-state index in [1.165, 1.54) is 12.8 Å². The molecule has 2 atom stereocenters. The summed E-state index contributed by atoms with van der Waals surface area (Å²) in [5, 5.41) is 0.904. The van der Waals surface area contributed by atoms with E-state index in [9.17, 15) is 0 Å². The molecule has 0 saturated carbocycles. The van der Waals surface area contributed by atoms with Crippen LogP contribution in [-0.4, -0.2) is 10.5 Å². The summed E-state index contributed by atoms with van der Waals surface area (Å²) in [4.78, 5) is 0. The highest BCUT2D eigenvalue weighted by Gasteiger charge is 2.05. The maximum atomic E-state index is 4.33. The van der Waals surface area contributed by atoms with Crippen LogP contribution < -0.4 is 0 Å². The molecule has 0 aromatic heterocycles. The van der Waals surface area contributed by atoms with Gasteiger partial charge in [-0.15, -0.1) is 0 Å². The minimum Gasteiger partial charge on any atom is -0.175 e. The average Bonchev–Trinajstić information content (AvgIpc) is 1.67. The zero-order chi connectivity index (χ0) is 6.57. The van der Waals surface area contributed by atoms with Gasteiger partial charge in [0.15, 0.2) is 0 Å². The Bertz CT molecular complexity index is 52.5. The van der Waals surface area contributed by atoms with Crippen LogP contribution in [0.25, 0.3) is 0 Å².